The molecule has 0 spiro atoms. The first-order valence-electron chi connectivity index (χ1n) is 12.0. The highest BCUT2D eigenvalue weighted by molar-refractivity contribution is 5.90. The first-order chi connectivity index (χ1) is 16.8. The number of benzene rings is 2. The fraction of sp³-hybridized carbons (Fsp3) is 0.444. The summed E-state index contributed by atoms with van der Waals surface area (Å²) in [6.07, 6.45) is -0.220. The van der Waals surface area contributed by atoms with E-state index >= 15 is 0 Å². The minimum absolute atomic E-state index is 0.0400. The second-order valence-electron chi connectivity index (χ2n) is 9.46. The molecule has 0 aromatic heterocycles. The Morgan fingerprint density at radius 1 is 1.06 bits per heavy atom. The van der Waals surface area contributed by atoms with Gasteiger partial charge in [-0.25, -0.2) is 4.79 Å². The highest BCUT2D eigenvalue weighted by Crippen LogP contribution is 2.44. The lowest BCUT2D eigenvalue weighted by Crippen LogP contribution is -2.57. The van der Waals surface area contributed by atoms with Crippen LogP contribution < -0.4 is 5.32 Å². The summed E-state index contributed by atoms with van der Waals surface area (Å²) in [7, 11) is 1.44. The number of rotatable bonds is 8. The maximum absolute atomic E-state index is 13.4. The molecule has 0 saturated carbocycles. The summed E-state index contributed by atoms with van der Waals surface area (Å²) in [4.78, 5) is 39.4. The Balaban J connectivity index is 1.45. The molecule has 2 aromatic carbocycles. The summed E-state index contributed by atoms with van der Waals surface area (Å²) >= 11 is 0. The van der Waals surface area contributed by atoms with Crippen LogP contribution in [-0.2, 0) is 19.1 Å². The zero-order valence-corrected chi connectivity index (χ0v) is 20.3. The Morgan fingerprint density at radius 2 is 1.66 bits per heavy atom. The van der Waals surface area contributed by atoms with Crippen LogP contribution in [0.15, 0.2) is 48.5 Å². The molecule has 2 aliphatic rings. The first-order valence-corrected chi connectivity index (χ1v) is 12.0. The molecule has 8 heteroatoms. The monoisotopic (exact) mass is 480 g/mol. The van der Waals surface area contributed by atoms with Crippen molar-refractivity contribution in [3.05, 3.63) is 59.7 Å². The summed E-state index contributed by atoms with van der Waals surface area (Å²) in [6.45, 7) is 3.94. The molecule has 1 aliphatic heterocycles. The van der Waals surface area contributed by atoms with Gasteiger partial charge in [-0.3, -0.25) is 9.59 Å². The van der Waals surface area contributed by atoms with Crippen molar-refractivity contribution in [2.45, 2.75) is 44.2 Å². The molecular formula is C27H32N2O6. The Hall–Kier alpha value is -3.39. The van der Waals surface area contributed by atoms with Gasteiger partial charge < -0.3 is 24.8 Å². The molecule has 0 bridgehead atoms. The van der Waals surface area contributed by atoms with Crippen LogP contribution in [0.1, 0.15) is 43.7 Å². The van der Waals surface area contributed by atoms with Crippen LogP contribution in [0.3, 0.4) is 0 Å². The van der Waals surface area contributed by atoms with E-state index in [-0.39, 0.29) is 31.5 Å². The van der Waals surface area contributed by atoms with Crippen molar-refractivity contribution >= 4 is 18.0 Å². The smallest absolute Gasteiger partial charge is 0.408 e. The van der Waals surface area contributed by atoms with Crippen molar-refractivity contribution in [2.24, 2.45) is 5.92 Å². The molecule has 0 radical (unpaired) electrons. The molecule has 8 nitrogen and oxygen atoms in total. The number of likely N-dealkylation sites (tertiary alicyclic amines) is 1. The maximum Gasteiger partial charge on any atom is 0.408 e. The fourth-order valence-corrected chi connectivity index (χ4v) is 5.35. The van der Waals surface area contributed by atoms with Crippen molar-refractivity contribution in [1.29, 1.82) is 0 Å². The van der Waals surface area contributed by atoms with Gasteiger partial charge in [-0.05, 0) is 35.6 Å². The topological polar surface area (TPSA) is 105 Å². The molecule has 3 atom stereocenters. The molecule has 2 N–H and O–H groups in total. The predicted molar refractivity (Wildman–Crippen MR) is 130 cm³/mol. The van der Waals surface area contributed by atoms with Crippen LogP contribution in [-0.4, -0.2) is 66.4 Å². The van der Waals surface area contributed by atoms with Gasteiger partial charge in [0.15, 0.2) is 0 Å². The summed E-state index contributed by atoms with van der Waals surface area (Å²) in [5.74, 6) is -2.23. The molecule has 1 heterocycles. The van der Waals surface area contributed by atoms with Gasteiger partial charge in [0.05, 0.1) is 6.10 Å². The Labute approximate surface area is 205 Å². The Morgan fingerprint density at radius 3 is 2.17 bits per heavy atom. The maximum atomic E-state index is 13.4. The second kappa shape index (κ2) is 10.1. The first kappa shape index (κ1) is 24.7. The van der Waals surface area contributed by atoms with Crippen molar-refractivity contribution in [1.82, 2.24) is 10.2 Å². The van der Waals surface area contributed by atoms with Crippen molar-refractivity contribution in [2.75, 3.05) is 26.8 Å². The minimum atomic E-state index is -1.22. The quantitative estimate of drug-likeness (QED) is 0.598. The van der Waals surface area contributed by atoms with Gasteiger partial charge in [0.2, 0.25) is 5.91 Å². The molecule has 3 unspecified atom stereocenters. The van der Waals surface area contributed by atoms with Gasteiger partial charge in [0.1, 0.15) is 18.1 Å². The van der Waals surface area contributed by atoms with E-state index in [0.29, 0.717) is 12.8 Å². The van der Waals surface area contributed by atoms with E-state index in [1.54, 1.807) is 6.92 Å². The van der Waals surface area contributed by atoms with E-state index in [2.05, 4.69) is 17.4 Å². The number of fused-ring (bicyclic) bond motifs is 3. The molecule has 1 saturated heterocycles. The lowest BCUT2D eigenvalue weighted by molar-refractivity contribution is -0.144. The van der Waals surface area contributed by atoms with E-state index in [0.717, 1.165) is 22.3 Å². The van der Waals surface area contributed by atoms with Gasteiger partial charge in [-0.1, -0.05) is 61.9 Å². The number of hydrogen-bond donors (Lipinski definition) is 2. The van der Waals surface area contributed by atoms with Gasteiger partial charge >= 0.3 is 12.1 Å². The number of aliphatic carboxylic acids is 1. The van der Waals surface area contributed by atoms with Crippen LogP contribution in [0.2, 0.25) is 0 Å². The molecule has 2 amide bonds. The predicted octanol–water partition coefficient (Wildman–Crippen LogP) is 3.64. The summed E-state index contributed by atoms with van der Waals surface area (Å²) in [5, 5.41) is 12.3. The van der Waals surface area contributed by atoms with Crippen LogP contribution in [0, 0.1) is 5.92 Å². The molecule has 4 rings (SSSR count). The Kier molecular flexibility index (Phi) is 7.12. The number of nitrogens with one attached hydrogen (secondary N) is 1. The highest BCUT2D eigenvalue weighted by atomic mass is 16.5. The largest absolute Gasteiger partial charge is 0.481 e. The average Bonchev–Trinajstić information content (AvgIpc) is 3.42. The number of carboxylic acids is 1. The van der Waals surface area contributed by atoms with E-state index in [1.165, 1.54) is 12.0 Å². The van der Waals surface area contributed by atoms with Gasteiger partial charge in [0, 0.05) is 26.1 Å². The molecule has 2 aromatic rings. The normalized spacial score (nSPS) is 20.6. The van der Waals surface area contributed by atoms with E-state index in [4.69, 9.17) is 9.47 Å². The van der Waals surface area contributed by atoms with Crippen LogP contribution in [0.25, 0.3) is 11.1 Å². The number of alkyl carbamates (subject to hydrolysis) is 1. The van der Waals surface area contributed by atoms with Gasteiger partial charge in [-0.2, -0.15) is 0 Å². The number of ether oxygens (including phenoxy) is 2. The fourth-order valence-electron chi connectivity index (χ4n) is 5.35. The van der Waals surface area contributed by atoms with Crippen molar-refractivity contribution < 1.29 is 29.0 Å². The van der Waals surface area contributed by atoms with E-state index in [9.17, 15) is 19.5 Å². The number of carbonyl (C=O) groups excluding carboxylic acids is 2. The number of hydrogen-bond acceptors (Lipinski definition) is 5. The lowest BCUT2D eigenvalue weighted by atomic mass is 9.94. The number of amides is 2. The van der Waals surface area contributed by atoms with Crippen LogP contribution in [0.4, 0.5) is 4.79 Å². The number of carbonyl (C=O) groups is 3. The number of methoxy groups -OCH3 is 1. The molecule has 1 fully saturated rings. The third-order valence-electron chi connectivity index (χ3n) is 7.12. The zero-order valence-electron chi connectivity index (χ0n) is 20.3. The van der Waals surface area contributed by atoms with Crippen LogP contribution >= 0.6 is 0 Å². The zero-order chi connectivity index (χ0) is 25.2. The molecule has 35 heavy (non-hydrogen) atoms. The standard InChI is InChI=1S/C27H32N2O6/c1-4-13-27(2,25(32)29-14-21(24(30)31)23(15-29)34-3)28-26(33)35-16-22-19-11-7-5-9-17(19)18-10-6-8-12-20(18)22/h5-12,21-23H,4,13-16H2,1-3H3,(H,28,33)(H,30,31). The van der Waals surface area contributed by atoms with E-state index in [1.807, 2.05) is 43.3 Å². The number of nitrogens with zero attached hydrogens (tertiary/aromatic N) is 1. The van der Waals surface area contributed by atoms with Crippen LogP contribution in [0.5, 0.6) is 0 Å². The van der Waals surface area contributed by atoms with E-state index < -0.39 is 29.6 Å². The Bertz CT molecular complexity index is 1070. The second-order valence-corrected chi connectivity index (χ2v) is 9.46. The highest BCUT2D eigenvalue weighted by Gasteiger charge is 2.46. The number of carboxylic acid groups (broad SMARTS) is 1. The van der Waals surface area contributed by atoms with Crippen molar-refractivity contribution in [3.8, 4) is 11.1 Å². The SMILES string of the molecule is CCCC(C)(NC(=O)OCC1c2ccccc2-c2ccccc21)C(=O)N1CC(OC)C(C(=O)O)C1. The molecule has 1 aliphatic carbocycles. The minimum Gasteiger partial charge on any atom is -0.481 e. The van der Waals surface area contributed by atoms with Crippen molar-refractivity contribution in [3.63, 3.8) is 0 Å². The summed E-state index contributed by atoms with van der Waals surface area (Å²) in [6, 6.07) is 16.2. The van der Waals surface area contributed by atoms with Gasteiger partial charge in [-0.15, -0.1) is 0 Å². The van der Waals surface area contributed by atoms with Gasteiger partial charge in [0.25, 0.3) is 0 Å². The average molecular weight is 481 g/mol. The molecular weight excluding hydrogens is 448 g/mol. The third-order valence-corrected chi connectivity index (χ3v) is 7.12. The molecule has 186 valence electrons. The summed E-state index contributed by atoms with van der Waals surface area (Å²) < 4.78 is 10.9. The lowest BCUT2D eigenvalue weighted by Gasteiger charge is -2.33. The summed E-state index contributed by atoms with van der Waals surface area (Å²) in [5.41, 5.74) is 3.27. The third kappa shape index (κ3) is 4.75.